The van der Waals surface area contributed by atoms with Crippen molar-refractivity contribution in [1.82, 2.24) is 4.98 Å². The molecule has 0 amide bonds. The number of aryl methyl sites for hydroxylation is 2. The van der Waals surface area contributed by atoms with Gasteiger partial charge in [-0.3, -0.25) is 4.98 Å². The zero-order valence-electron chi connectivity index (χ0n) is 20.9. The minimum Gasteiger partial charge on any atom is -0.454 e. The normalized spacial score (nSPS) is 12.3. The molecular formula is C32H29NOS. The second kappa shape index (κ2) is 8.07. The monoisotopic (exact) mass is 475 g/mol. The molecular weight excluding hydrogens is 446 g/mol. The van der Waals surface area contributed by atoms with E-state index in [4.69, 9.17) is 9.40 Å². The third-order valence-electron chi connectivity index (χ3n) is 6.82. The molecule has 0 N–H and O–H groups in total. The van der Waals surface area contributed by atoms with Crippen LogP contribution in [0.3, 0.4) is 0 Å². The summed E-state index contributed by atoms with van der Waals surface area (Å²) in [5.41, 5.74) is 10.5. The molecule has 0 radical (unpaired) electrons. The van der Waals surface area contributed by atoms with Crippen molar-refractivity contribution in [2.75, 3.05) is 0 Å². The first kappa shape index (κ1) is 22.1. The number of rotatable bonds is 3. The highest BCUT2D eigenvalue weighted by atomic mass is 32.1. The first-order valence-electron chi connectivity index (χ1n) is 12.2. The maximum Gasteiger partial charge on any atom is 0.153 e. The summed E-state index contributed by atoms with van der Waals surface area (Å²) in [6.07, 6.45) is 3.05. The first-order valence-corrected chi connectivity index (χ1v) is 13.1. The lowest BCUT2D eigenvalue weighted by Gasteiger charge is -2.22. The molecule has 0 bridgehead atoms. The summed E-state index contributed by atoms with van der Waals surface area (Å²) in [6, 6.07) is 21.8. The second-order valence-corrected chi connectivity index (χ2v) is 11.7. The van der Waals surface area contributed by atoms with Crippen LogP contribution in [0, 0.1) is 19.3 Å². The number of benzene rings is 3. The minimum atomic E-state index is 0.166. The van der Waals surface area contributed by atoms with Crippen molar-refractivity contribution in [3.05, 3.63) is 88.9 Å². The molecule has 0 atom stereocenters. The van der Waals surface area contributed by atoms with E-state index < -0.39 is 0 Å². The van der Waals surface area contributed by atoms with Gasteiger partial charge in [-0.2, -0.15) is 0 Å². The molecule has 3 heterocycles. The zero-order valence-corrected chi connectivity index (χ0v) is 21.7. The number of hydrogen-bond donors (Lipinski definition) is 0. The highest BCUT2D eigenvalue weighted by Gasteiger charge is 2.20. The second-order valence-electron chi connectivity index (χ2n) is 10.8. The lowest BCUT2D eigenvalue weighted by molar-refractivity contribution is 0.411. The number of thiophene rings is 1. The Morgan fingerprint density at radius 1 is 0.829 bits per heavy atom. The van der Waals surface area contributed by atoms with Crippen molar-refractivity contribution in [3.8, 4) is 22.4 Å². The maximum atomic E-state index is 6.58. The molecule has 0 fully saturated rings. The van der Waals surface area contributed by atoms with Crippen LogP contribution >= 0.6 is 11.3 Å². The minimum absolute atomic E-state index is 0.166. The predicted octanol–water partition coefficient (Wildman–Crippen LogP) is 9.74. The van der Waals surface area contributed by atoms with E-state index in [0.29, 0.717) is 0 Å². The van der Waals surface area contributed by atoms with Crippen LogP contribution in [0.2, 0.25) is 0 Å². The number of nitrogens with zero attached hydrogens (tertiary/aromatic N) is 1. The van der Waals surface area contributed by atoms with Gasteiger partial charge in [0.25, 0.3) is 0 Å². The number of pyridine rings is 1. The Balaban J connectivity index is 1.61. The van der Waals surface area contributed by atoms with Gasteiger partial charge in [0.05, 0.1) is 10.4 Å². The molecule has 174 valence electrons. The maximum absolute atomic E-state index is 6.58. The fraction of sp³-hybridized carbons (Fsp3) is 0.219. The molecule has 2 nitrogen and oxygen atoms in total. The number of aromatic nitrogens is 1. The van der Waals surface area contributed by atoms with Gasteiger partial charge in [0.2, 0.25) is 0 Å². The quantitative estimate of drug-likeness (QED) is 0.254. The Kier molecular flexibility index (Phi) is 5.08. The molecule has 6 rings (SSSR count). The van der Waals surface area contributed by atoms with Gasteiger partial charge in [-0.25, -0.2) is 0 Å². The van der Waals surface area contributed by atoms with Gasteiger partial charge in [-0.05, 0) is 88.5 Å². The molecule has 6 aromatic rings. The molecule has 0 saturated carbocycles. The fourth-order valence-electron chi connectivity index (χ4n) is 5.30. The Labute approximate surface area is 210 Å². The van der Waals surface area contributed by atoms with E-state index in [0.717, 1.165) is 39.6 Å². The van der Waals surface area contributed by atoms with Crippen LogP contribution in [0.5, 0.6) is 0 Å². The van der Waals surface area contributed by atoms with Crippen LogP contribution in [0.15, 0.2) is 76.7 Å². The van der Waals surface area contributed by atoms with Crippen LogP contribution in [0.25, 0.3) is 54.4 Å². The summed E-state index contributed by atoms with van der Waals surface area (Å²) in [7, 11) is 0. The average Bonchev–Trinajstić information content (AvgIpc) is 3.43. The van der Waals surface area contributed by atoms with Crippen molar-refractivity contribution in [2.24, 2.45) is 5.41 Å². The predicted molar refractivity (Wildman–Crippen MR) is 150 cm³/mol. The third-order valence-corrected chi connectivity index (χ3v) is 7.75. The van der Waals surface area contributed by atoms with Crippen molar-refractivity contribution in [1.29, 1.82) is 0 Å². The van der Waals surface area contributed by atoms with Gasteiger partial charge in [-0.15, -0.1) is 11.3 Å². The molecule has 0 aliphatic rings. The Bertz CT molecular complexity index is 1710. The summed E-state index contributed by atoms with van der Waals surface area (Å²) in [5.74, 6) is 0. The molecule has 35 heavy (non-hydrogen) atoms. The summed E-state index contributed by atoms with van der Waals surface area (Å²) < 4.78 is 7.79. The number of para-hydroxylation sites is 1. The average molecular weight is 476 g/mol. The van der Waals surface area contributed by atoms with E-state index >= 15 is 0 Å². The van der Waals surface area contributed by atoms with E-state index in [-0.39, 0.29) is 5.41 Å². The lowest BCUT2D eigenvalue weighted by Crippen LogP contribution is -2.11. The molecule has 3 heteroatoms. The highest BCUT2D eigenvalue weighted by molar-refractivity contribution is 7.18. The fourth-order valence-corrected chi connectivity index (χ4v) is 6.18. The molecule has 0 spiro atoms. The smallest absolute Gasteiger partial charge is 0.153 e. The van der Waals surface area contributed by atoms with Crippen molar-refractivity contribution in [2.45, 2.75) is 41.0 Å². The van der Waals surface area contributed by atoms with Gasteiger partial charge in [0.1, 0.15) is 5.58 Å². The molecule has 0 aliphatic heterocycles. The summed E-state index contributed by atoms with van der Waals surface area (Å²) >= 11 is 1.73. The van der Waals surface area contributed by atoms with Crippen LogP contribution in [-0.4, -0.2) is 4.98 Å². The van der Waals surface area contributed by atoms with Gasteiger partial charge in [0.15, 0.2) is 5.58 Å². The van der Waals surface area contributed by atoms with Gasteiger partial charge >= 0.3 is 0 Å². The van der Waals surface area contributed by atoms with Gasteiger partial charge < -0.3 is 4.42 Å². The standard InChI is InChI=1S/C32H29NOS/c1-19-8-6-9-20(2)28(19)26-16-27(33-18-22(26)17-32(3,4)5)25-11-7-10-23-24-13-12-21-14-15-35-31(21)30(24)34-29(23)25/h6-16,18H,17H2,1-5H3. The van der Waals surface area contributed by atoms with Gasteiger partial charge in [-0.1, -0.05) is 57.2 Å². The number of hydrogen-bond acceptors (Lipinski definition) is 3. The van der Waals surface area contributed by atoms with E-state index in [1.165, 1.54) is 37.9 Å². The number of furan rings is 1. The largest absolute Gasteiger partial charge is 0.454 e. The van der Waals surface area contributed by atoms with Crippen LogP contribution in [0.1, 0.15) is 37.5 Å². The molecule has 0 unspecified atom stereocenters. The van der Waals surface area contributed by atoms with E-state index in [2.05, 4.69) is 107 Å². The Morgan fingerprint density at radius 3 is 2.34 bits per heavy atom. The van der Waals surface area contributed by atoms with Crippen LogP contribution in [-0.2, 0) is 6.42 Å². The summed E-state index contributed by atoms with van der Waals surface area (Å²) in [5, 5.41) is 5.66. The number of fused-ring (bicyclic) bond motifs is 5. The SMILES string of the molecule is Cc1cccc(C)c1-c1cc(-c2cccc3c2oc2c3ccc3ccsc32)ncc1CC(C)(C)C. The topological polar surface area (TPSA) is 26.0 Å². The van der Waals surface area contributed by atoms with E-state index in [1.54, 1.807) is 11.3 Å². The van der Waals surface area contributed by atoms with Crippen molar-refractivity contribution in [3.63, 3.8) is 0 Å². The lowest BCUT2D eigenvalue weighted by atomic mass is 9.83. The molecule has 0 aliphatic carbocycles. The third kappa shape index (κ3) is 3.75. The van der Waals surface area contributed by atoms with Gasteiger partial charge in [0, 0.05) is 22.5 Å². The highest BCUT2D eigenvalue weighted by Crippen LogP contribution is 2.41. The first-order chi connectivity index (χ1) is 16.8. The van der Waals surface area contributed by atoms with Crippen LogP contribution in [0.4, 0.5) is 0 Å². The zero-order chi connectivity index (χ0) is 24.3. The Morgan fingerprint density at radius 2 is 1.57 bits per heavy atom. The molecule has 3 aromatic carbocycles. The van der Waals surface area contributed by atoms with E-state index in [9.17, 15) is 0 Å². The van der Waals surface area contributed by atoms with Crippen molar-refractivity contribution >= 4 is 43.4 Å². The van der Waals surface area contributed by atoms with E-state index in [1.807, 2.05) is 0 Å². The Hall–Kier alpha value is -3.43. The summed E-state index contributed by atoms with van der Waals surface area (Å²) in [6.45, 7) is 11.3. The summed E-state index contributed by atoms with van der Waals surface area (Å²) in [4.78, 5) is 4.99. The van der Waals surface area contributed by atoms with Crippen molar-refractivity contribution < 1.29 is 4.42 Å². The molecule has 0 saturated heterocycles. The molecule has 3 aromatic heterocycles. The van der Waals surface area contributed by atoms with Crippen LogP contribution < -0.4 is 0 Å².